The number of nitrogens with one attached hydrogen (secondary N) is 1. The molecule has 1 aromatic carbocycles. The van der Waals surface area contributed by atoms with E-state index in [9.17, 15) is 9.46 Å². The van der Waals surface area contributed by atoms with Crippen LogP contribution in [0, 0.1) is 0 Å². The summed E-state index contributed by atoms with van der Waals surface area (Å²) in [4.78, 5) is 12.0. The van der Waals surface area contributed by atoms with Crippen LogP contribution in [0.25, 0.3) is 0 Å². The summed E-state index contributed by atoms with van der Waals surface area (Å²) in [7, 11) is -3.92. The zero-order valence-electron chi connectivity index (χ0n) is 10.3. The van der Waals surface area contributed by atoms with E-state index >= 15 is 0 Å². The highest BCUT2D eigenvalue weighted by atomic mass is 31.2. The van der Waals surface area contributed by atoms with Gasteiger partial charge >= 0.3 is 0 Å². The molecule has 1 aromatic rings. The van der Waals surface area contributed by atoms with Gasteiger partial charge in [0, 0.05) is 0 Å². The van der Waals surface area contributed by atoms with Gasteiger partial charge in [0.25, 0.3) is 0 Å². The SMILES string of the molecule is CCCNC(c1ccccc1)P(=O)([O-])OCC. The molecule has 0 saturated carbocycles. The Hall–Kier alpha value is -0.670. The summed E-state index contributed by atoms with van der Waals surface area (Å²) >= 11 is 0. The fraction of sp³-hybridized carbons (Fsp3) is 0.500. The third-order valence-corrected chi connectivity index (χ3v) is 4.06. The van der Waals surface area contributed by atoms with Gasteiger partial charge in [0.05, 0.1) is 12.4 Å². The second kappa shape index (κ2) is 6.92. The predicted molar refractivity (Wildman–Crippen MR) is 66.7 cm³/mol. The van der Waals surface area contributed by atoms with Crippen LogP contribution in [-0.2, 0) is 9.09 Å². The molecule has 0 bridgehead atoms. The molecule has 1 N–H and O–H groups in total. The van der Waals surface area contributed by atoms with Gasteiger partial charge in [0.15, 0.2) is 7.60 Å². The molecule has 0 aliphatic rings. The normalized spacial score (nSPS) is 16.4. The molecule has 17 heavy (non-hydrogen) atoms. The second-order valence-electron chi connectivity index (χ2n) is 3.72. The highest BCUT2D eigenvalue weighted by Gasteiger charge is 2.23. The number of hydrogen-bond acceptors (Lipinski definition) is 4. The highest BCUT2D eigenvalue weighted by Crippen LogP contribution is 2.50. The molecule has 0 spiro atoms. The van der Waals surface area contributed by atoms with Gasteiger partial charge in [-0.2, -0.15) is 0 Å². The summed E-state index contributed by atoms with van der Waals surface area (Å²) < 4.78 is 16.9. The molecule has 2 unspecified atom stereocenters. The van der Waals surface area contributed by atoms with E-state index in [2.05, 4.69) is 5.32 Å². The molecule has 0 saturated heterocycles. The number of hydrogen-bond donors (Lipinski definition) is 1. The van der Waals surface area contributed by atoms with Gasteiger partial charge in [-0.05, 0) is 25.5 Å². The molecule has 0 heterocycles. The van der Waals surface area contributed by atoms with Crippen LogP contribution in [0.4, 0.5) is 0 Å². The van der Waals surface area contributed by atoms with Crippen molar-refractivity contribution in [3.8, 4) is 0 Å². The van der Waals surface area contributed by atoms with Gasteiger partial charge in [-0.25, -0.2) is 0 Å². The van der Waals surface area contributed by atoms with Crippen molar-refractivity contribution >= 4 is 7.60 Å². The van der Waals surface area contributed by atoms with Crippen molar-refractivity contribution in [2.75, 3.05) is 13.2 Å². The monoisotopic (exact) mass is 256 g/mol. The molecule has 2 atom stereocenters. The number of rotatable bonds is 7. The molecule has 96 valence electrons. The second-order valence-corrected chi connectivity index (χ2v) is 5.58. The highest BCUT2D eigenvalue weighted by molar-refractivity contribution is 7.51. The van der Waals surface area contributed by atoms with Crippen LogP contribution in [0.15, 0.2) is 30.3 Å². The average molecular weight is 256 g/mol. The summed E-state index contributed by atoms with van der Waals surface area (Å²) in [6, 6.07) is 9.08. The Bertz CT molecular complexity index is 369. The Balaban J connectivity index is 2.91. The molecule has 5 heteroatoms. The van der Waals surface area contributed by atoms with E-state index in [-0.39, 0.29) is 6.61 Å². The molecule has 1 rings (SSSR count). The van der Waals surface area contributed by atoms with Gasteiger partial charge in [0.2, 0.25) is 0 Å². The first-order valence-electron chi connectivity index (χ1n) is 5.85. The zero-order valence-corrected chi connectivity index (χ0v) is 11.2. The Morgan fingerprint density at radius 1 is 1.35 bits per heavy atom. The van der Waals surface area contributed by atoms with E-state index in [1.165, 1.54) is 0 Å². The maximum absolute atomic E-state index is 12.0. The first-order valence-corrected chi connectivity index (χ1v) is 7.46. The van der Waals surface area contributed by atoms with Gasteiger partial charge in [-0.1, -0.05) is 37.3 Å². The molecule has 0 aromatic heterocycles. The average Bonchev–Trinajstić information content (AvgIpc) is 2.30. The Morgan fingerprint density at radius 2 is 2.00 bits per heavy atom. The minimum atomic E-state index is -3.92. The standard InChI is InChI=1S/C12H20NO3P/c1-3-10-13-12(17(14,15)16-4-2)11-8-6-5-7-9-11/h5-9,12-13H,3-4,10H2,1-2H3,(H,14,15)/p-1. The van der Waals surface area contributed by atoms with E-state index in [4.69, 9.17) is 4.52 Å². The molecular weight excluding hydrogens is 237 g/mol. The van der Waals surface area contributed by atoms with Crippen molar-refractivity contribution in [1.82, 2.24) is 5.32 Å². The van der Waals surface area contributed by atoms with Crippen LogP contribution in [0.2, 0.25) is 0 Å². The molecule has 4 nitrogen and oxygen atoms in total. The maximum Gasteiger partial charge on any atom is 0.156 e. The van der Waals surface area contributed by atoms with E-state index in [1.807, 2.05) is 25.1 Å². The van der Waals surface area contributed by atoms with Crippen molar-refractivity contribution < 1.29 is 14.0 Å². The molecule has 0 aliphatic heterocycles. The molecule has 0 aliphatic carbocycles. The fourth-order valence-electron chi connectivity index (χ4n) is 1.58. The van der Waals surface area contributed by atoms with Gasteiger partial charge in [-0.3, -0.25) is 0 Å². The van der Waals surface area contributed by atoms with Gasteiger partial charge < -0.3 is 19.3 Å². The topological polar surface area (TPSA) is 61.4 Å². The summed E-state index contributed by atoms with van der Waals surface area (Å²) in [5.41, 5.74) is 0.715. The van der Waals surface area contributed by atoms with Gasteiger partial charge in [0.1, 0.15) is 0 Å². The summed E-state index contributed by atoms with van der Waals surface area (Å²) in [6.07, 6.45) is 0.870. The molecule has 0 fully saturated rings. The van der Waals surface area contributed by atoms with Crippen LogP contribution < -0.4 is 10.2 Å². The van der Waals surface area contributed by atoms with Crippen LogP contribution >= 0.6 is 7.60 Å². The van der Waals surface area contributed by atoms with E-state index in [0.717, 1.165) is 6.42 Å². The number of benzene rings is 1. The lowest BCUT2D eigenvalue weighted by atomic mass is 10.2. The third-order valence-electron chi connectivity index (χ3n) is 2.33. The first kappa shape index (κ1) is 14.4. The third kappa shape index (κ3) is 4.25. The van der Waals surface area contributed by atoms with Crippen molar-refractivity contribution in [3.05, 3.63) is 35.9 Å². The molecule has 0 amide bonds. The minimum absolute atomic E-state index is 0.165. The lowest BCUT2D eigenvalue weighted by Crippen LogP contribution is -2.27. The van der Waals surface area contributed by atoms with Crippen molar-refractivity contribution in [2.24, 2.45) is 0 Å². The predicted octanol–water partition coefficient (Wildman–Crippen LogP) is 2.27. The Morgan fingerprint density at radius 3 is 2.53 bits per heavy atom. The summed E-state index contributed by atoms with van der Waals surface area (Å²) in [6.45, 7) is 4.47. The smallest absolute Gasteiger partial charge is 0.156 e. The zero-order chi connectivity index (χ0) is 12.7. The van der Waals surface area contributed by atoms with Crippen molar-refractivity contribution in [3.63, 3.8) is 0 Å². The van der Waals surface area contributed by atoms with Gasteiger partial charge in [-0.15, -0.1) is 0 Å². The molecular formula is C12H19NO3P-. The van der Waals surface area contributed by atoms with E-state index in [0.29, 0.717) is 12.1 Å². The minimum Gasteiger partial charge on any atom is -0.777 e. The quantitative estimate of drug-likeness (QED) is 0.760. The Kier molecular flexibility index (Phi) is 5.86. The lowest BCUT2D eigenvalue weighted by Gasteiger charge is -2.32. The lowest BCUT2D eigenvalue weighted by molar-refractivity contribution is -0.201. The largest absolute Gasteiger partial charge is 0.777 e. The van der Waals surface area contributed by atoms with E-state index in [1.54, 1.807) is 19.1 Å². The van der Waals surface area contributed by atoms with Crippen LogP contribution in [-0.4, -0.2) is 13.2 Å². The fourth-order valence-corrected chi connectivity index (χ4v) is 2.98. The maximum atomic E-state index is 12.0. The van der Waals surface area contributed by atoms with Crippen molar-refractivity contribution in [2.45, 2.75) is 26.1 Å². The van der Waals surface area contributed by atoms with Crippen LogP contribution in [0.1, 0.15) is 31.6 Å². The van der Waals surface area contributed by atoms with Crippen LogP contribution in [0.3, 0.4) is 0 Å². The Labute approximate surface area is 103 Å². The molecule has 0 radical (unpaired) electrons. The summed E-state index contributed by atoms with van der Waals surface area (Å²) in [5, 5.41) is 3.01. The van der Waals surface area contributed by atoms with E-state index < -0.39 is 13.4 Å². The van der Waals surface area contributed by atoms with Crippen LogP contribution in [0.5, 0.6) is 0 Å². The summed E-state index contributed by atoms with van der Waals surface area (Å²) in [5.74, 6) is -0.761. The van der Waals surface area contributed by atoms with Crippen molar-refractivity contribution in [1.29, 1.82) is 0 Å². The first-order chi connectivity index (χ1) is 8.11.